The molecule has 1 N–H and O–H groups in total. The maximum absolute atomic E-state index is 12.7. The van der Waals surface area contributed by atoms with Crippen LogP contribution in [0, 0.1) is 17.2 Å². The predicted octanol–water partition coefficient (Wildman–Crippen LogP) is 0.182. The van der Waals surface area contributed by atoms with Gasteiger partial charge in [-0.15, -0.1) is 0 Å². The molecule has 0 aliphatic carbocycles. The van der Waals surface area contributed by atoms with Crippen LogP contribution >= 0.6 is 0 Å². The van der Waals surface area contributed by atoms with Gasteiger partial charge in [-0.1, -0.05) is 0 Å². The molecule has 0 amide bonds. The van der Waals surface area contributed by atoms with Crippen molar-refractivity contribution in [3.63, 3.8) is 0 Å². The van der Waals surface area contributed by atoms with Crippen molar-refractivity contribution in [1.29, 1.82) is 5.26 Å². The zero-order chi connectivity index (χ0) is 26.5. The van der Waals surface area contributed by atoms with Gasteiger partial charge in [-0.3, -0.25) is 0 Å². The molecule has 0 bridgehead atoms. The number of hydrogen-bond donors (Lipinski definition) is 1. The third kappa shape index (κ3) is 6.34. The number of H-pyrrole nitrogens is 1. The number of nitriles is 1. The summed E-state index contributed by atoms with van der Waals surface area (Å²) in [5.41, 5.74) is 1.60. The minimum absolute atomic E-state index is 0.240. The van der Waals surface area contributed by atoms with Gasteiger partial charge in [0.25, 0.3) is 0 Å². The molecule has 11 heteroatoms. The SMILES string of the molecule is CN(C)CCN1CCN(c2ccc([As]c3nc(N4CCC(CC#N)CC4)nc4cn[nH]c(=O)c34)cc2)CC1. The van der Waals surface area contributed by atoms with Crippen molar-refractivity contribution >= 4 is 47.1 Å². The van der Waals surface area contributed by atoms with E-state index in [1.165, 1.54) is 10.0 Å². The first-order valence-electron chi connectivity index (χ1n) is 13.3. The van der Waals surface area contributed by atoms with Crippen LogP contribution in [0.15, 0.2) is 35.3 Å². The summed E-state index contributed by atoms with van der Waals surface area (Å²) in [6.45, 7) is 8.09. The predicted molar refractivity (Wildman–Crippen MR) is 152 cm³/mol. The van der Waals surface area contributed by atoms with Crippen LogP contribution in [-0.4, -0.2) is 112 Å². The fourth-order valence-electron chi connectivity index (χ4n) is 5.09. The number of hydrogen-bond acceptors (Lipinski definition) is 9. The van der Waals surface area contributed by atoms with Gasteiger partial charge in [0.1, 0.15) is 0 Å². The molecule has 0 saturated carbocycles. The van der Waals surface area contributed by atoms with Crippen LogP contribution in [0.4, 0.5) is 11.6 Å². The van der Waals surface area contributed by atoms with E-state index in [1.807, 2.05) is 0 Å². The second-order valence-corrected chi connectivity index (χ2v) is 12.8. The van der Waals surface area contributed by atoms with Gasteiger partial charge in [0, 0.05) is 0 Å². The zero-order valence-electron chi connectivity index (χ0n) is 22.2. The van der Waals surface area contributed by atoms with Gasteiger partial charge >= 0.3 is 231 Å². The van der Waals surface area contributed by atoms with E-state index in [4.69, 9.17) is 15.2 Å². The summed E-state index contributed by atoms with van der Waals surface area (Å²) in [7, 11) is 4.25. The number of nitrogens with one attached hydrogen (secondary N) is 1. The molecule has 2 saturated heterocycles. The number of rotatable bonds is 8. The van der Waals surface area contributed by atoms with Crippen molar-refractivity contribution in [3.8, 4) is 6.07 Å². The number of aromatic nitrogens is 4. The Balaban J connectivity index is 1.30. The number of likely N-dealkylation sites (N-methyl/N-ethyl adjacent to an activating group) is 1. The van der Waals surface area contributed by atoms with E-state index in [0.717, 1.165) is 69.7 Å². The Morgan fingerprint density at radius 2 is 1.79 bits per heavy atom. The number of piperidine rings is 1. The van der Waals surface area contributed by atoms with Crippen molar-refractivity contribution in [3.05, 3.63) is 40.8 Å². The molecule has 2 fully saturated rings. The molecule has 0 spiro atoms. The van der Waals surface area contributed by atoms with Crippen LogP contribution in [0.3, 0.4) is 0 Å². The fourth-order valence-corrected chi connectivity index (χ4v) is 7.21. The molecule has 2 aromatic heterocycles. The van der Waals surface area contributed by atoms with Gasteiger partial charge in [-0.25, -0.2) is 0 Å². The van der Waals surface area contributed by atoms with Crippen molar-refractivity contribution in [1.82, 2.24) is 30.0 Å². The molecular weight excluding hydrogens is 541 g/mol. The van der Waals surface area contributed by atoms with Gasteiger partial charge in [-0.05, 0) is 0 Å². The number of fused-ring (bicyclic) bond motifs is 1. The second kappa shape index (κ2) is 12.2. The third-order valence-electron chi connectivity index (χ3n) is 7.45. The molecule has 10 nitrogen and oxygen atoms in total. The second-order valence-electron chi connectivity index (χ2n) is 10.4. The van der Waals surface area contributed by atoms with Crippen molar-refractivity contribution < 1.29 is 0 Å². The topological polar surface area (TPSA) is 108 Å². The van der Waals surface area contributed by atoms with E-state index >= 15 is 0 Å². The van der Waals surface area contributed by atoms with E-state index in [9.17, 15) is 4.79 Å². The van der Waals surface area contributed by atoms with E-state index < -0.39 is 15.8 Å². The van der Waals surface area contributed by atoms with Gasteiger partial charge < -0.3 is 0 Å². The van der Waals surface area contributed by atoms with E-state index in [1.54, 1.807) is 6.20 Å². The molecule has 2 aliphatic heterocycles. The normalized spacial score (nSPS) is 17.6. The van der Waals surface area contributed by atoms with Crippen LogP contribution in [0.5, 0.6) is 0 Å². The molecule has 4 heterocycles. The maximum atomic E-state index is 12.7. The first-order chi connectivity index (χ1) is 18.5. The monoisotopic (exact) mass is 576 g/mol. The molecule has 2 aliphatic rings. The third-order valence-corrected chi connectivity index (χ3v) is 9.74. The summed E-state index contributed by atoms with van der Waals surface area (Å²) in [5, 5.41) is 16.1. The Kier molecular flexibility index (Phi) is 8.57. The fraction of sp³-hybridized carbons (Fsp3) is 0.519. The van der Waals surface area contributed by atoms with Crippen LogP contribution in [0.1, 0.15) is 19.3 Å². The standard InChI is InChI=1S/C27H35AsN9O/c1-34(2)13-14-35-15-17-36(18-16-35)22-5-3-21(4-6-22)28-25-24-23(19-30-33-26(24)38)31-27(32-25)37-11-8-20(7-10-29)9-12-37/h3-6,19-20H,7-9,11-18H2,1-2H3,(H,33,38). The van der Waals surface area contributed by atoms with Crippen LogP contribution in [0.25, 0.3) is 10.9 Å². The van der Waals surface area contributed by atoms with E-state index in [2.05, 4.69) is 74.2 Å². The molecular formula is C27H35AsN9O. The van der Waals surface area contributed by atoms with Gasteiger partial charge in [-0.2, -0.15) is 0 Å². The molecule has 38 heavy (non-hydrogen) atoms. The van der Waals surface area contributed by atoms with Gasteiger partial charge in [0.15, 0.2) is 0 Å². The molecule has 0 unspecified atom stereocenters. The zero-order valence-corrected chi connectivity index (χ0v) is 24.1. The first-order valence-corrected chi connectivity index (χ1v) is 15.2. The number of benzene rings is 1. The van der Waals surface area contributed by atoms with E-state index in [0.29, 0.717) is 29.2 Å². The van der Waals surface area contributed by atoms with E-state index in [-0.39, 0.29) is 5.56 Å². The number of anilines is 2. The van der Waals surface area contributed by atoms with Crippen LogP contribution in [-0.2, 0) is 0 Å². The Morgan fingerprint density at radius 3 is 2.47 bits per heavy atom. The summed E-state index contributed by atoms with van der Waals surface area (Å²) >= 11 is -0.512. The molecule has 1 radical (unpaired) electrons. The Bertz CT molecular complexity index is 1320. The summed E-state index contributed by atoms with van der Waals surface area (Å²) in [6, 6.07) is 11.1. The minimum atomic E-state index is -0.512. The summed E-state index contributed by atoms with van der Waals surface area (Å²) in [6.07, 6.45) is 4.13. The first kappa shape index (κ1) is 26.6. The molecule has 5 rings (SSSR count). The molecule has 0 atom stereocenters. The summed E-state index contributed by atoms with van der Waals surface area (Å²) in [5.74, 6) is 1.10. The van der Waals surface area contributed by atoms with Crippen LogP contribution < -0.4 is 24.2 Å². The van der Waals surface area contributed by atoms with Crippen molar-refractivity contribution in [2.75, 3.05) is 76.3 Å². The van der Waals surface area contributed by atoms with Crippen molar-refractivity contribution in [2.45, 2.75) is 19.3 Å². The molecule has 199 valence electrons. The average molecular weight is 577 g/mol. The number of aromatic amines is 1. The summed E-state index contributed by atoms with van der Waals surface area (Å²) < 4.78 is 2.01. The average Bonchev–Trinajstić information content (AvgIpc) is 2.93. The van der Waals surface area contributed by atoms with Gasteiger partial charge in [0.2, 0.25) is 0 Å². The quantitative estimate of drug-likeness (QED) is 0.376. The Morgan fingerprint density at radius 1 is 1.05 bits per heavy atom. The van der Waals surface area contributed by atoms with Crippen molar-refractivity contribution in [2.24, 2.45) is 5.92 Å². The molecule has 1 aromatic carbocycles. The summed E-state index contributed by atoms with van der Waals surface area (Å²) in [4.78, 5) is 31.8. The number of piperazine rings is 1. The Hall–Kier alpha value is -2.99. The van der Waals surface area contributed by atoms with Gasteiger partial charge in [0.05, 0.1) is 0 Å². The molecule has 3 aromatic rings. The van der Waals surface area contributed by atoms with Crippen LogP contribution in [0.2, 0.25) is 0 Å². The number of nitrogens with zero attached hydrogens (tertiary/aromatic N) is 8. The Labute approximate surface area is 230 Å².